The van der Waals surface area contributed by atoms with Crippen LogP contribution < -0.4 is 5.32 Å². The van der Waals surface area contributed by atoms with Gasteiger partial charge in [0.15, 0.2) is 0 Å². The van der Waals surface area contributed by atoms with Gasteiger partial charge in [0.25, 0.3) is 0 Å². The van der Waals surface area contributed by atoms with Crippen LogP contribution in [0.1, 0.15) is 24.8 Å². The normalized spacial score (nSPS) is 24.9. The second kappa shape index (κ2) is 5.28. The molecular formula is C13H17BrFN. The molecule has 88 valence electrons. The van der Waals surface area contributed by atoms with Crippen LogP contribution in [0.15, 0.2) is 22.7 Å². The first-order chi connectivity index (χ1) is 7.70. The number of halogens is 2. The zero-order chi connectivity index (χ0) is 11.5. The first-order valence-electron chi connectivity index (χ1n) is 5.82. The van der Waals surface area contributed by atoms with E-state index in [0.717, 1.165) is 16.5 Å². The zero-order valence-corrected chi connectivity index (χ0v) is 11.1. The molecule has 3 heteroatoms. The van der Waals surface area contributed by atoms with Crippen molar-refractivity contribution in [1.29, 1.82) is 0 Å². The van der Waals surface area contributed by atoms with Crippen molar-refractivity contribution in [1.82, 2.24) is 5.32 Å². The highest BCUT2D eigenvalue weighted by molar-refractivity contribution is 9.10. The average molecular weight is 286 g/mol. The largest absolute Gasteiger partial charge is 0.317 e. The molecule has 1 aromatic carbocycles. The monoisotopic (exact) mass is 285 g/mol. The van der Waals surface area contributed by atoms with Crippen molar-refractivity contribution < 1.29 is 4.39 Å². The molecule has 0 radical (unpaired) electrons. The maximum Gasteiger partial charge on any atom is 0.126 e. The van der Waals surface area contributed by atoms with Gasteiger partial charge in [-0.15, -0.1) is 0 Å². The van der Waals surface area contributed by atoms with Crippen LogP contribution in [0.25, 0.3) is 0 Å². The summed E-state index contributed by atoms with van der Waals surface area (Å²) in [5.41, 5.74) is 0.835. The molecule has 1 fully saturated rings. The molecule has 0 spiro atoms. The van der Waals surface area contributed by atoms with Crippen LogP contribution in [0.3, 0.4) is 0 Å². The molecule has 0 heterocycles. The first-order valence-corrected chi connectivity index (χ1v) is 6.61. The summed E-state index contributed by atoms with van der Waals surface area (Å²) in [6.07, 6.45) is 4.52. The van der Waals surface area contributed by atoms with Gasteiger partial charge >= 0.3 is 0 Å². The van der Waals surface area contributed by atoms with E-state index in [2.05, 4.69) is 21.2 Å². The van der Waals surface area contributed by atoms with Gasteiger partial charge in [-0.1, -0.05) is 22.4 Å². The second-order valence-corrected chi connectivity index (χ2v) is 5.44. The van der Waals surface area contributed by atoms with Crippen molar-refractivity contribution in [2.45, 2.75) is 31.7 Å². The Morgan fingerprint density at radius 1 is 1.44 bits per heavy atom. The quantitative estimate of drug-likeness (QED) is 0.896. The lowest BCUT2D eigenvalue weighted by Gasteiger charge is -2.19. The number of nitrogens with one attached hydrogen (secondary N) is 1. The Hall–Kier alpha value is -0.410. The van der Waals surface area contributed by atoms with E-state index in [9.17, 15) is 4.39 Å². The molecule has 2 unspecified atom stereocenters. The summed E-state index contributed by atoms with van der Waals surface area (Å²) in [6.45, 7) is 0. The fourth-order valence-electron chi connectivity index (χ4n) is 2.64. The van der Waals surface area contributed by atoms with Crippen LogP contribution in [-0.4, -0.2) is 13.1 Å². The lowest BCUT2D eigenvalue weighted by atomic mass is 9.94. The Bertz CT molecular complexity index is 367. The van der Waals surface area contributed by atoms with Gasteiger partial charge in [-0.25, -0.2) is 4.39 Å². The van der Waals surface area contributed by atoms with Crippen molar-refractivity contribution in [3.63, 3.8) is 0 Å². The molecule has 1 N–H and O–H groups in total. The van der Waals surface area contributed by atoms with E-state index >= 15 is 0 Å². The summed E-state index contributed by atoms with van der Waals surface area (Å²) < 4.78 is 14.6. The standard InChI is InChI=1S/C13H17BrFN/c1-16-13-4-2-3-9(13)7-10-8-11(14)5-6-12(10)15/h5-6,8-9,13,16H,2-4,7H2,1H3. The Balaban J connectivity index is 2.11. The van der Waals surface area contributed by atoms with E-state index in [4.69, 9.17) is 0 Å². The van der Waals surface area contributed by atoms with E-state index in [1.54, 1.807) is 12.1 Å². The first kappa shape index (κ1) is 12.1. The molecule has 1 aromatic rings. The van der Waals surface area contributed by atoms with E-state index < -0.39 is 0 Å². The van der Waals surface area contributed by atoms with Crippen molar-refractivity contribution in [3.8, 4) is 0 Å². The minimum absolute atomic E-state index is 0.0787. The SMILES string of the molecule is CNC1CCCC1Cc1cc(Br)ccc1F. The minimum atomic E-state index is -0.0787. The number of hydrogen-bond donors (Lipinski definition) is 1. The number of benzene rings is 1. The Labute approximate surface area is 105 Å². The zero-order valence-electron chi connectivity index (χ0n) is 9.47. The molecule has 1 nitrogen and oxygen atoms in total. The molecule has 16 heavy (non-hydrogen) atoms. The highest BCUT2D eigenvalue weighted by Gasteiger charge is 2.26. The van der Waals surface area contributed by atoms with Crippen molar-refractivity contribution in [3.05, 3.63) is 34.1 Å². The van der Waals surface area contributed by atoms with Gasteiger partial charge in [0.2, 0.25) is 0 Å². The fourth-order valence-corrected chi connectivity index (χ4v) is 3.05. The third-order valence-electron chi connectivity index (χ3n) is 3.52. The van der Waals surface area contributed by atoms with Crippen molar-refractivity contribution in [2.75, 3.05) is 7.05 Å². The third kappa shape index (κ3) is 2.64. The molecule has 1 aliphatic carbocycles. The van der Waals surface area contributed by atoms with Crippen LogP contribution in [0, 0.1) is 11.7 Å². The van der Waals surface area contributed by atoms with E-state index in [1.165, 1.54) is 19.3 Å². The molecule has 0 amide bonds. The van der Waals surface area contributed by atoms with E-state index in [-0.39, 0.29) is 5.82 Å². The summed E-state index contributed by atoms with van der Waals surface area (Å²) in [7, 11) is 2.00. The molecule has 2 atom stereocenters. The van der Waals surface area contributed by atoms with Crippen LogP contribution >= 0.6 is 15.9 Å². The summed E-state index contributed by atoms with van der Waals surface area (Å²) in [6, 6.07) is 5.75. The van der Waals surface area contributed by atoms with Gasteiger partial charge in [-0.3, -0.25) is 0 Å². The second-order valence-electron chi connectivity index (χ2n) is 4.53. The number of rotatable bonds is 3. The van der Waals surface area contributed by atoms with Gasteiger partial charge in [0.05, 0.1) is 0 Å². The molecular weight excluding hydrogens is 269 g/mol. The van der Waals surface area contributed by atoms with Crippen LogP contribution in [0.2, 0.25) is 0 Å². The maximum atomic E-state index is 13.6. The Kier molecular flexibility index (Phi) is 3.98. The number of hydrogen-bond acceptors (Lipinski definition) is 1. The highest BCUT2D eigenvalue weighted by Crippen LogP contribution is 2.30. The topological polar surface area (TPSA) is 12.0 Å². The Morgan fingerprint density at radius 2 is 2.25 bits per heavy atom. The van der Waals surface area contributed by atoms with Gasteiger partial charge in [-0.05, 0) is 56.0 Å². The van der Waals surface area contributed by atoms with Gasteiger partial charge in [0.1, 0.15) is 5.82 Å². The fraction of sp³-hybridized carbons (Fsp3) is 0.538. The minimum Gasteiger partial charge on any atom is -0.317 e. The predicted molar refractivity (Wildman–Crippen MR) is 68.0 cm³/mol. The molecule has 0 bridgehead atoms. The van der Waals surface area contributed by atoms with Crippen LogP contribution in [0.4, 0.5) is 4.39 Å². The molecule has 0 saturated heterocycles. The average Bonchev–Trinajstić information content (AvgIpc) is 2.71. The van der Waals surface area contributed by atoms with Crippen LogP contribution in [-0.2, 0) is 6.42 Å². The van der Waals surface area contributed by atoms with E-state index in [1.807, 2.05) is 13.1 Å². The lowest BCUT2D eigenvalue weighted by Crippen LogP contribution is -2.30. The molecule has 0 aliphatic heterocycles. The molecule has 2 rings (SSSR count). The summed E-state index contributed by atoms with van der Waals surface area (Å²) in [4.78, 5) is 0. The summed E-state index contributed by atoms with van der Waals surface area (Å²) in [5.74, 6) is 0.499. The van der Waals surface area contributed by atoms with Gasteiger partial charge in [0, 0.05) is 10.5 Å². The van der Waals surface area contributed by atoms with Crippen molar-refractivity contribution >= 4 is 15.9 Å². The summed E-state index contributed by atoms with van der Waals surface area (Å²) >= 11 is 3.40. The Morgan fingerprint density at radius 3 is 3.00 bits per heavy atom. The predicted octanol–water partition coefficient (Wildman–Crippen LogP) is 3.52. The molecule has 1 saturated carbocycles. The molecule has 1 aliphatic rings. The van der Waals surface area contributed by atoms with E-state index in [0.29, 0.717) is 12.0 Å². The third-order valence-corrected chi connectivity index (χ3v) is 4.01. The maximum absolute atomic E-state index is 13.6. The molecule has 0 aromatic heterocycles. The highest BCUT2D eigenvalue weighted by atomic mass is 79.9. The van der Waals surface area contributed by atoms with Gasteiger partial charge < -0.3 is 5.32 Å². The van der Waals surface area contributed by atoms with Gasteiger partial charge in [-0.2, -0.15) is 0 Å². The lowest BCUT2D eigenvalue weighted by molar-refractivity contribution is 0.417. The van der Waals surface area contributed by atoms with Crippen LogP contribution in [0.5, 0.6) is 0 Å². The van der Waals surface area contributed by atoms with Crippen molar-refractivity contribution in [2.24, 2.45) is 5.92 Å². The smallest absolute Gasteiger partial charge is 0.126 e. The summed E-state index contributed by atoms with van der Waals surface area (Å²) in [5, 5.41) is 3.33.